The largest absolute Gasteiger partial charge is 0.424 e. The van der Waals surface area contributed by atoms with Crippen molar-refractivity contribution in [1.29, 1.82) is 0 Å². The van der Waals surface area contributed by atoms with Crippen molar-refractivity contribution < 1.29 is 4.42 Å². The van der Waals surface area contributed by atoms with E-state index in [0.717, 1.165) is 19.1 Å². The van der Waals surface area contributed by atoms with Crippen LogP contribution in [0.25, 0.3) is 0 Å². The summed E-state index contributed by atoms with van der Waals surface area (Å²) in [4.78, 5) is 0. The predicted molar refractivity (Wildman–Crippen MR) is 75.9 cm³/mol. The molecule has 0 amide bonds. The van der Waals surface area contributed by atoms with Gasteiger partial charge in [-0.25, -0.2) is 0 Å². The van der Waals surface area contributed by atoms with E-state index in [1.165, 1.54) is 0 Å². The van der Waals surface area contributed by atoms with Gasteiger partial charge in [-0.05, 0) is 44.0 Å². The van der Waals surface area contributed by atoms with Crippen LogP contribution in [0.15, 0.2) is 30.0 Å². The summed E-state index contributed by atoms with van der Waals surface area (Å²) in [7, 11) is 0. The van der Waals surface area contributed by atoms with Crippen molar-refractivity contribution in [3.63, 3.8) is 0 Å². The van der Waals surface area contributed by atoms with E-state index in [4.69, 9.17) is 4.42 Å². The molecule has 17 heavy (non-hydrogen) atoms. The summed E-state index contributed by atoms with van der Waals surface area (Å²) in [6, 6.07) is 3.93. The highest BCUT2D eigenvalue weighted by Gasteiger charge is 2.08. The topological polar surface area (TPSA) is 51.0 Å². The van der Waals surface area contributed by atoms with Gasteiger partial charge in [-0.15, -0.1) is 10.2 Å². The number of benzene rings is 1. The first kappa shape index (κ1) is 13.0. The number of halogens is 3. The highest BCUT2D eigenvalue weighted by molar-refractivity contribution is 9.11. The number of aromatic nitrogens is 2. The van der Waals surface area contributed by atoms with E-state index in [1.807, 2.05) is 12.1 Å². The zero-order valence-corrected chi connectivity index (χ0v) is 13.6. The predicted octanol–water partition coefficient (Wildman–Crippen LogP) is 4.28. The molecule has 1 aromatic heterocycles. The Balaban J connectivity index is 2.14. The molecule has 0 spiro atoms. The van der Waals surface area contributed by atoms with Gasteiger partial charge in [0, 0.05) is 20.3 Å². The van der Waals surface area contributed by atoms with Crippen molar-refractivity contribution in [3.05, 3.63) is 37.3 Å². The summed E-state index contributed by atoms with van der Waals surface area (Å²) in [5.74, 6) is 1.12. The van der Waals surface area contributed by atoms with E-state index in [2.05, 4.69) is 63.3 Å². The van der Waals surface area contributed by atoms with Crippen LogP contribution in [0.3, 0.4) is 0 Å². The molecule has 0 atom stereocenters. The zero-order valence-electron chi connectivity index (χ0n) is 8.80. The molecule has 1 heterocycles. The van der Waals surface area contributed by atoms with E-state index >= 15 is 0 Å². The van der Waals surface area contributed by atoms with Crippen molar-refractivity contribution in [3.8, 4) is 0 Å². The number of hydrogen-bond acceptors (Lipinski definition) is 4. The number of rotatable bonds is 3. The molecule has 0 aliphatic carbocycles. The lowest BCUT2D eigenvalue weighted by Crippen LogP contribution is -2.01. The molecule has 2 rings (SSSR count). The zero-order chi connectivity index (χ0) is 12.4. The molecule has 0 saturated heterocycles. The Morgan fingerprint density at radius 2 is 1.82 bits per heavy atom. The maximum Gasteiger partial charge on any atom is 0.235 e. The normalized spacial score (nSPS) is 10.6. The lowest BCUT2D eigenvalue weighted by atomic mass is 10.3. The van der Waals surface area contributed by atoms with Crippen molar-refractivity contribution in [2.75, 3.05) is 5.32 Å². The van der Waals surface area contributed by atoms with Crippen LogP contribution in [0.4, 0.5) is 5.69 Å². The van der Waals surface area contributed by atoms with Gasteiger partial charge in [0.25, 0.3) is 0 Å². The van der Waals surface area contributed by atoms with Gasteiger partial charge in [0.2, 0.25) is 11.8 Å². The molecule has 4 nitrogen and oxygen atoms in total. The van der Waals surface area contributed by atoms with Crippen molar-refractivity contribution >= 4 is 53.5 Å². The molecule has 0 fully saturated rings. The van der Waals surface area contributed by atoms with Crippen LogP contribution in [-0.2, 0) is 6.54 Å². The summed E-state index contributed by atoms with van der Waals surface area (Å²) < 4.78 is 8.19. The van der Waals surface area contributed by atoms with Crippen LogP contribution in [0, 0.1) is 6.92 Å². The maximum atomic E-state index is 5.28. The van der Waals surface area contributed by atoms with Gasteiger partial charge in [-0.3, -0.25) is 0 Å². The Kier molecular flexibility index (Phi) is 4.22. The fourth-order valence-electron chi connectivity index (χ4n) is 1.28. The van der Waals surface area contributed by atoms with E-state index < -0.39 is 0 Å². The molecule has 0 saturated carbocycles. The SMILES string of the molecule is Cc1nnc(CNc2c(Br)cc(Br)cc2Br)o1. The summed E-state index contributed by atoms with van der Waals surface area (Å²) in [6.45, 7) is 2.25. The fraction of sp³-hybridized carbons (Fsp3) is 0.200. The molecule has 0 unspecified atom stereocenters. The van der Waals surface area contributed by atoms with Crippen molar-refractivity contribution in [2.24, 2.45) is 0 Å². The quantitative estimate of drug-likeness (QED) is 0.797. The Labute approximate surface area is 124 Å². The summed E-state index contributed by atoms with van der Waals surface area (Å²) in [5.41, 5.74) is 0.948. The van der Waals surface area contributed by atoms with E-state index in [-0.39, 0.29) is 0 Å². The summed E-state index contributed by atoms with van der Waals surface area (Å²) in [6.07, 6.45) is 0. The molecule has 2 aromatic rings. The van der Waals surface area contributed by atoms with Gasteiger partial charge in [-0.1, -0.05) is 15.9 Å². The molecule has 0 radical (unpaired) electrons. The molecule has 0 bridgehead atoms. The lowest BCUT2D eigenvalue weighted by molar-refractivity contribution is 0.474. The smallest absolute Gasteiger partial charge is 0.235 e. The average molecular weight is 426 g/mol. The number of nitrogens with one attached hydrogen (secondary N) is 1. The second-order valence-electron chi connectivity index (χ2n) is 3.31. The van der Waals surface area contributed by atoms with Crippen molar-refractivity contribution in [2.45, 2.75) is 13.5 Å². The van der Waals surface area contributed by atoms with Crippen LogP contribution in [-0.4, -0.2) is 10.2 Å². The van der Waals surface area contributed by atoms with Crippen LogP contribution in [0.2, 0.25) is 0 Å². The van der Waals surface area contributed by atoms with E-state index in [1.54, 1.807) is 6.92 Å². The second-order valence-corrected chi connectivity index (χ2v) is 5.94. The number of aryl methyl sites for hydroxylation is 1. The van der Waals surface area contributed by atoms with Crippen LogP contribution >= 0.6 is 47.8 Å². The standard InChI is InChI=1S/C10H8Br3N3O/c1-5-15-16-9(17-5)4-14-10-7(12)2-6(11)3-8(10)13/h2-3,14H,4H2,1H3. The summed E-state index contributed by atoms with van der Waals surface area (Å²) >= 11 is 10.4. The number of anilines is 1. The third-order valence-corrected chi connectivity index (χ3v) is 3.70. The Bertz CT molecular complexity index is 518. The van der Waals surface area contributed by atoms with Gasteiger partial charge in [-0.2, -0.15) is 0 Å². The highest BCUT2D eigenvalue weighted by Crippen LogP contribution is 2.34. The van der Waals surface area contributed by atoms with Crippen LogP contribution < -0.4 is 5.32 Å². The molecule has 1 N–H and O–H groups in total. The van der Waals surface area contributed by atoms with Crippen LogP contribution in [0.1, 0.15) is 11.8 Å². The Hall–Kier alpha value is -0.400. The van der Waals surface area contributed by atoms with Crippen molar-refractivity contribution in [1.82, 2.24) is 10.2 Å². The number of hydrogen-bond donors (Lipinski definition) is 1. The minimum absolute atomic E-state index is 0.486. The first-order valence-corrected chi connectivity index (χ1v) is 7.11. The maximum absolute atomic E-state index is 5.28. The van der Waals surface area contributed by atoms with Crippen LogP contribution in [0.5, 0.6) is 0 Å². The first-order valence-electron chi connectivity index (χ1n) is 4.73. The lowest BCUT2D eigenvalue weighted by Gasteiger charge is -2.09. The Morgan fingerprint density at radius 1 is 1.18 bits per heavy atom. The minimum atomic E-state index is 0.486. The molecule has 7 heteroatoms. The summed E-state index contributed by atoms with van der Waals surface area (Å²) in [5, 5.41) is 10.9. The third kappa shape index (κ3) is 3.29. The average Bonchev–Trinajstić information content (AvgIpc) is 2.62. The number of nitrogens with zero attached hydrogens (tertiary/aromatic N) is 2. The Morgan fingerprint density at radius 3 is 2.35 bits per heavy atom. The molecule has 1 aromatic carbocycles. The van der Waals surface area contributed by atoms with Gasteiger partial charge in [0.1, 0.15) is 0 Å². The first-order chi connectivity index (χ1) is 8.06. The fourth-order valence-corrected chi connectivity index (χ4v) is 3.82. The minimum Gasteiger partial charge on any atom is -0.424 e. The van der Waals surface area contributed by atoms with Gasteiger partial charge in [0.15, 0.2) is 0 Å². The van der Waals surface area contributed by atoms with Gasteiger partial charge >= 0.3 is 0 Å². The third-order valence-electron chi connectivity index (χ3n) is 1.99. The van der Waals surface area contributed by atoms with Gasteiger partial charge in [0.05, 0.1) is 12.2 Å². The molecular weight excluding hydrogens is 418 g/mol. The molecule has 0 aliphatic heterocycles. The van der Waals surface area contributed by atoms with E-state index in [9.17, 15) is 0 Å². The van der Waals surface area contributed by atoms with Gasteiger partial charge < -0.3 is 9.73 Å². The highest BCUT2D eigenvalue weighted by atomic mass is 79.9. The monoisotopic (exact) mass is 423 g/mol. The molecular formula is C10H8Br3N3O. The second kappa shape index (κ2) is 5.49. The molecule has 0 aliphatic rings. The molecule has 90 valence electrons. The van der Waals surface area contributed by atoms with E-state index in [0.29, 0.717) is 18.3 Å².